The standard InChI is InChI=1S/C13H23NO.C8H11N3O2.CH5NO2S/c1-12(2,3)6-11(15)14-7-9-10(8-14)13(9,4)5;9-4-7(11-5-12)3-6-1-2-10-8(6)13;1-5(2,3)4/h9-10H,6-8H2,1-5H3;5-7H,1-3H2,(H,10,13)(H,11,12);1H3,(H2,2,3,4)/t9-,10?;6-,7-;/m00./s1. The van der Waals surface area contributed by atoms with Crippen LogP contribution < -0.4 is 15.8 Å². The number of fused-ring (bicyclic) bond motifs is 1. The average molecular weight is 486 g/mol. The van der Waals surface area contributed by atoms with Crippen LogP contribution in [0, 0.1) is 39.9 Å². The van der Waals surface area contributed by atoms with Crippen molar-refractivity contribution in [2.75, 3.05) is 25.9 Å². The Balaban J connectivity index is 0.000000277. The first-order chi connectivity index (χ1) is 15.0. The smallest absolute Gasteiger partial charge is 0.223 e. The number of hydrogen-bond donors (Lipinski definition) is 3. The lowest BCUT2D eigenvalue weighted by atomic mass is 9.91. The zero-order valence-corrected chi connectivity index (χ0v) is 21.4. The molecule has 4 atom stereocenters. The third-order valence-electron chi connectivity index (χ3n) is 6.26. The van der Waals surface area contributed by atoms with E-state index in [2.05, 4.69) is 55.3 Å². The fourth-order valence-electron chi connectivity index (χ4n) is 4.30. The molecule has 0 radical (unpaired) electrons. The van der Waals surface area contributed by atoms with Crippen molar-refractivity contribution in [2.24, 2.45) is 33.7 Å². The highest BCUT2D eigenvalue weighted by Crippen LogP contribution is 2.62. The van der Waals surface area contributed by atoms with Crippen molar-refractivity contribution < 1.29 is 22.8 Å². The van der Waals surface area contributed by atoms with Crippen molar-refractivity contribution in [3.05, 3.63) is 0 Å². The van der Waals surface area contributed by atoms with Crippen LogP contribution in [-0.2, 0) is 24.4 Å². The van der Waals surface area contributed by atoms with Crippen LogP contribution >= 0.6 is 0 Å². The number of rotatable bonds is 5. The third kappa shape index (κ3) is 10.1. The van der Waals surface area contributed by atoms with Gasteiger partial charge in [0.15, 0.2) is 0 Å². The first-order valence-electron chi connectivity index (χ1n) is 11.1. The summed E-state index contributed by atoms with van der Waals surface area (Å²) in [5.74, 6) is 1.76. The van der Waals surface area contributed by atoms with E-state index in [0.29, 0.717) is 37.1 Å². The molecule has 3 rings (SSSR count). The highest BCUT2D eigenvalue weighted by molar-refractivity contribution is 7.88. The molecule has 33 heavy (non-hydrogen) atoms. The summed E-state index contributed by atoms with van der Waals surface area (Å²) in [6, 6.07) is 1.38. The molecule has 10 nitrogen and oxygen atoms in total. The van der Waals surface area contributed by atoms with Crippen molar-refractivity contribution >= 4 is 28.2 Å². The molecule has 2 aliphatic heterocycles. The van der Waals surface area contributed by atoms with Crippen LogP contribution in [-0.4, -0.2) is 63.5 Å². The highest BCUT2D eigenvalue weighted by atomic mass is 32.2. The molecule has 0 bridgehead atoms. The second-order valence-electron chi connectivity index (χ2n) is 10.9. The van der Waals surface area contributed by atoms with Gasteiger partial charge >= 0.3 is 0 Å². The van der Waals surface area contributed by atoms with Gasteiger partial charge in [-0.05, 0) is 35.5 Å². The molecule has 3 amide bonds. The zero-order chi connectivity index (χ0) is 25.6. The Hall–Kier alpha value is -2.19. The number of likely N-dealkylation sites (tertiary alicyclic amines) is 1. The van der Waals surface area contributed by atoms with Crippen LogP contribution in [0.1, 0.15) is 53.9 Å². The van der Waals surface area contributed by atoms with Crippen LogP contribution in [0.5, 0.6) is 0 Å². The number of amides is 3. The number of sulfonamides is 1. The maximum Gasteiger partial charge on any atom is 0.223 e. The average Bonchev–Trinajstić information content (AvgIpc) is 3.06. The number of nitrogens with two attached hydrogens (primary N) is 1. The Kier molecular flexibility index (Phi) is 9.87. The van der Waals surface area contributed by atoms with E-state index in [4.69, 9.17) is 5.26 Å². The largest absolute Gasteiger partial charge is 0.356 e. The van der Waals surface area contributed by atoms with Gasteiger partial charge in [-0.25, -0.2) is 13.6 Å². The summed E-state index contributed by atoms with van der Waals surface area (Å²) in [6.45, 7) is 13.7. The molecule has 0 aromatic carbocycles. The minimum absolute atomic E-state index is 0.0204. The number of primary sulfonamides is 1. The lowest BCUT2D eigenvalue weighted by molar-refractivity contribution is -0.132. The molecule has 188 valence electrons. The molecule has 1 saturated carbocycles. The lowest BCUT2D eigenvalue weighted by Crippen LogP contribution is -2.35. The minimum Gasteiger partial charge on any atom is -0.356 e. The van der Waals surface area contributed by atoms with Gasteiger partial charge in [0, 0.05) is 32.0 Å². The molecule has 3 aliphatic rings. The van der Waals surface area contributed by atoms with E-state index < -0.39 is 16.1 Å². The van der Waals surface area contributed by atoms with E-state index >= 15 is 0 Å². The fourth-order valence-corrected chi connectivity index (χ4v) is 4.30. The molecule has 0 spiro atoms. The van der Waals surface area contributed by atoms with E-state index in [1.807, 2.05) is 6.07 Å². The van der Waals surface area contributed by atoms with E-state index in [0.717, 1.165) is 37.6 Å². The summed E-state index contributed by atoms with van der Waals surface area (Å²) in [6.07, 6.45) is 3.26. The lowest BCUT2D eigenvalue weighted by Gasteiger charge is -2.26. The van der Waals surface area contributed by atoms with Gasteiger partial charge in [0.1, 0.15) is 6.04 Å². The molecule has 2 saturated heterocycles. The normalized spacial score (nSPS) is 25.7. The summed E-state index contributed by atoms with van der Waals surface area (Å²) < 4.78 is 18.8. The van der Waals surface area contributed by atoms with Crippen LogP contribution in [0.3, 0.4) is 0 Å². The molecule has 1 unspecified atom stereocenters. The Labute approximate surface area is 197 Å². The predicted octanol–water partition coefficient (Wildman–Crippen LogP) is 0.592. The Bertz CT molecular complexity index is 837. The quantitative estimate of drug-likeness (QED) is 0.483. The molecule has 11 heteroatoms. The maximum atomic E-state index is 12.0. The highest BCUT2D eigenvalue weighted by Gasteiger charge is 2.62. The van der Waals surface area contributed by atoms with Crippen molar-refractivity contribution in [1.29, 1.82) is 5.26 Å². The number of piperidine rings is 1. The fraction of sp³-hybridized carbons (Fsp3) is 0.818. The van der Waals surface area contributed by atoms with Crippen LogP contribution in [0.25, 0.3) is 0 Å². The molecule has 4 N–H and O–H groups in total. The van der Waals surface area contributed by atoms with Gasteiger partial charge in [0.25, 0.3) is 0 Å². The van der Waals surface area contributed by atoms with Gasteiger partial charge in [-0.3, -0.25) is 14.4 Å². The summed E-state index contributed by atoms with van der Waals surface area (Å²) in [7, 11) is -3.17. The van der Waals surface area contributed by atoms with Crippen LogP contribution in [0.15, 0.2) is 0 Å². The van der Waals surface area contributed by atoms with Gasteiger partial charge in [0.05, 0.1) is 12.3 Å². The molecule has 0 aromatic rings. The zero-order valence-electron chi connectivity index (χ0n) is 20.6. The number of carbonyl (C=O) groups is 3. The molecular formula is C22H39N5O5S. The van der Waals surface area contributed by atoms with Gasteiger partial charge in [-0.2, -0.15) is 5.26 Å². The monoisotopic (exact) mass is 485 g/mol. The summed E-state index contributed by atoms with van der Waals surface area (Å²) in [4.78, 5) is 35.2. The van der Waals surface area contributed by atoms with Crippen molar-refractivity contribution in [3.8, 4) is 6.07 Å². The van der Waals surface area contributed by atoms with E-state index in [-0.39, 0.29) is 17.2 Å². The van der Waals surface area contributed by atoms with Crippen molar-refractivity contribution in [1.82, 2.24) is 15.5 Å². The molecule has 0 aromatic heterocycles. The summed E-state index contributed by atoms with van der Waals surface area (Å²) in [5, 5.41) is 18.0. The van der Waals surface area contributed by atoms with Gasteiger partial charge in [0.2, 0.25) is 28.2 Å². The molecular weight excluding hydrogens is 446 g/mol. The van der Waals surface area contributed by atoms with Crippen LogP contribution in [0.2, 0.25) is 0 Å². The Morgan fingerprint density at radius 2 is 1.88 bits per heavy atom. The minimum atomic E-state index is -3.17. The van der Waals surface area contributed by atoms with Crippen molar-refractivity contribution in [2.45, 2.75) is 59.9 Å². The second-order valence-corrected chi connectivity index (χ2v) is 12.5. The summed E-state index contributed by atoms with van der Waals surface area (Å²) in [5.41, 5.74) is 0.637. The number of nitrogens with zero attached hydrogens (tertiary/aromatic N) is 2. The Morgan fingerprint density at radius 3 is 2.24 bits per heavy atom. The number of nitrogens with one attached hydrogen (secondary N) is 2. The number of hydrogen-bond acceptors (Lipinski definition) is 6. The van der Waals surface area contributed by atoms with E-state index in [1.165, 1.54) is 0 Å². The van der Waals surface area contributed by atoms with E-state index in [9.17, 15) is 22.8 Å². The summed E-state index contributed by atoms with van der Waals surface area (Å²) >= 11 is 0. The molecule has 2 heterocycles. The van der Waals surface area contributed by atoms with Gasteiger partial charge < -0.3 is 15.5 Å². The van der Waals surface area contributed by atoms with Gasteiger partial charge in [-0.15, -0.1) is 0 Å². The predicted molar refractivity (Wildman–Crippen MR) is 125 cm³/mol. The topological polar surface area (TPSA) is 162 Å². The third-order valence-corrected chi connectivity index (χ3v) is 6.26. The first kappa shape index (κ1) is 28.8. The van der Waals surface area contributed by atoms with E-state index in [1.54, 1.807) is 0 Å². The molecule has 1 aliphatic carbocycles. The molecule has 3 fully saturated rings. The number of carbonyl (C=O) groups excluding carboxylic acids is 3. The maximum absolute atomic E-state index is 12.0. The van der Waals surface area contributed by atoms with Gasteiger partial charge in [-0.1, -0.05) is 34.6 Å². The number of nitriles is 1. The van der Waals surface area contributed by atoms with Crippen molar-refractivity contribution in [3.63, 3.8) is 0 Å². The first-order valence-corrected chi connectivity index (χ1v) is 13.1. The van der Waals surface area contributed by atoms with Crippen LogP contribution in [0.4, 0.5) is 0 Å². The second kappa shape index (κ2) is 11.3. The Morgan fingerprint density at radius 1 is 1.36 bits per heavy atom. The SMILES string of the molecule is CC(C)(C)CC(=O)N1CC2[C@H](C1)C2(C)C.CS(N)(=O)=O.N#C[C@H](C[C@@H]1CCNC1=O)NC=O.